The van der Waals surface area contributed by atoms with Crippen LogP contribution in [-0.2, 0) is 0 Å². The Morgan fingerprint density at radius 1 is 0.188 bits per heavy atom. The molecule has 0 spiro atoms. The lowest BCUT2D eigenvalue weighted by molar-refractivity contribution is 1.18. The van der Waals surface area contributed by atoms with Crippen molar-refractivity contribution in [2.45, 2.75) is 0 Å². The van der Waals surface area contributed by atoms with Gasteiger partial charge in [-0.15, -0.1) is 0 Å². The molecule has 18 rings (SSSR count). The smallest absolute Gasteiger partial charge is 0.0541 e. The fraction of sp³-hybridized carbons (Fsp3) is 0. The lowest BCUT2D eigenvalue weighted by atomic mass is 10.0. The van der Waals surface area contributed by atoms with Crippen molar-refractivity contribution in [1.29, 1.82) is 0 Å². The normalized spacial score (nSPS) is 11.0. The molecule has 0 radical (unpaired) electrons. The first-order valence-electron chi connectivity index (χ1n) is 34.2. The van der Waals surface area contributed by atoms with Crippen molar-refractivity contribution in [3.8, 4) is 78.1 Å². The van der Waals surface area contributed by atoms with Crippen LogP contribution in [0.15, 0.2) is 417 Å². The second kappa shape index (κ2) is 29.1. The third-order valence-corrected chi connectivity index (χ3v) is 19.3. The Bertz CT molecular complexity index is 5490. The Balaban J connectivity index is 0.000000130. The van der Waals surface area contributed by atoms with Crippen LogP contribution in [0.2, 0.25) is 0 Å². The van der Waals surface area contributed by atoms with Crippen LogP contribution >= 0.6 is 15.9 Å². The summed E-state index contributed by atoms with van der Waals surface area (Å²) >= 11 is 3.50. The van der Waals surface area contributed by atoms with Gasteiger partial charge >= 0.3 is 0 Å². The highest BCUT2D eigenvalue weighted by Gasteiger charge is 2.17. The highest BCUT2D eigenvalue weighted by atomic mass is 79.9. The molecule has 1 N–H and O–H groups in total. The monoisotopic (exact) mass is 1360 g/mol. The van der Waals surface area contributed by atoms with E-state index in [2.05, 4.69) is 436 Å². The molecule has 101 heavy (non-hydrogen) atoms. The minimum atomic E-state index is 1.09. The molecule has 0 saturated carbocycles. The lowest BCUT2D eigenvalue weighted by Gasteiger charge is -2.26. The second-order valence-electron chi connectivity index (χ2n) is 25.1. The topological polar surface area (TPSA) is 25.1 Å². The predicted octanol–water partition coefficient (Wildman–Crippen LogP) is 27.2. The summed E-state index contributed by atoms with van der Waals surface area (Å²) in [6.07, 6.45) is 0. The van der Waals surface area contributed by atoms with Crippen LogP contribution in [0.4, 0.5) is 28.4 Å². The van der Waals surface area contributed by atoms with Crippen molar-refractivity contribution in [2.75, 3.05) is 10.2 Å². The average molecular weight is 1360 g/mol. The first-order valence-corrected chi connectivity index (χ1v) is 35.0. The fourth-order valence-electron chi connectivity index (χ4n) is 13.7. The minimum Gasteiger partial charge on any atom is -0.356 e. The van der Waals surface area contributed by atoms with Gasteiger partial charge in [-0.25, -0.2) is 0 Å². The molecule has 2 aromatic heterocycles. The molecule has 18 aromatic rings. The SMILES string of the molecule is Brc1ccc(-c2ccc(-n3c4ccccc4c4ccccc43)cc2)cc1.c1ccc(-c2ccc(N(c3ccc(-c4ccccc4)cc3)c3ccc(-c4ccc(-n5c6ccccc6c6ccccc65)cc4)cc3)cc2)cc1.c1ccc(-c2ccc(Nc3ccc(-c4ccccc4)cc3)cc2)cc1. The molecule has 4 nitrogen and oxygen atoms in total. The van der Waals surface area contributed by atoms with E-state index in [4.69, 9.17) is 0 Å². The summed E-state index contributed by atoms with van der Waals surface area (Å²) in [6.45, 7) is 0. The number of fused-ring (bicyclic) bond motifs is 6. The van der Waals surface area contributed by atoms with Crippen LogP contribution in [-0.4, -0.2) is 9.13 Å². The second-order valence-corrected chi connectivity index (χ2v) is 26.0. The maximum Gasteiger partial charge on any atom is 0.0541 e. The summed E-state index contributed by atoms with van der Waals surface area (Å²) in [6, 6.07) is 146. The van der Waals surface area contributed by atoms with Gasteiger partial charge in [0.25, 0.3) is 0 Å². The Morgan fingerprint density at radius 2 is 0.386 bits per heavy atom. The molecule has 0 amide bonds. The zero-order valence-corrected chi connectivity index (χ0v) is 57.1. The largest absolute Gasteiger partial charge is 0.356 e. The zero-order chi connectivity index (χ0) is 67.7. The van der Waals surface area contributed by atoms with Crippen molar-refractivity contribution < 1.29 is 0 Å². The number of aromatic nitrogens is 2. The predicted molar refractivity (Wildman–Crippen MR) is 433 cm³/mol. The van der Waals surface area contributed by atoms with Crippen LogP contribution in [0.5, 0.6) is 0 Å². The summed E-state index contributed by atoms with van der Waals surface area (Å²) in [5.74, 6) is 0. The van der Waals surface area contributed by atoms with E-state index in [1.54, 1.807) is 0 Å². The number of para-hydroxylation sites is 4. The molecule has 0 atom stereocenters. The van der Waals surface area contributed by atoms with Gasteiger partial charge in [0.2, 0.25) is 0 Å². The Morgan fingerprint density at radius 3 is 0.644 bits per heavy atom. The van der Waals surface area contributed by atoms with Gasteiger partial charge in [0.15, 0.2) is 0 Å². The number of nitrogens with zero attached hydrogens (tertiary/aromatic N) is 3. The maximum atomic E-state index is 3.50. The van der Waals surface area contributed by atoms with E-state index < -0.39 is 0 Å². The van der Waals surface area contributed by atoms with Gasteiger partial charge in [0.05, 0.1) is 22.1 Å². The van der Waals surface area contributed by atoms with E-state index in [9.17, 15) is 0 Å². The number of halogens is 1. The minimum absolute atomic E-state index is 1.09. The van der Waals surface area contributed by atoms with Crippen molar-refractivity contribution >= 4 is 88.0 Å². The molecule has 0 bridgehead atoms. The van der Waals surface area contributed by atoms with E-state index in [0.717, 1.165) is 38.6 Å². The first-order chi connectivity index (χ1) is 50.0. The van der Waals surface area contributed by atoms with Gasteiger partial charge in [-0.3, -0.25) is 0 Å². The van der Waals surface area contributed by atoms with Gasteiger partial charge in [0.1, 0.15) is 0 Å². The molecule has 0 aliphatic heterocycles. The number of hydrogen-bond donors (Lipinski definition) is 1. The van der Waals surface area contributed by atoms with E-state index in [1.807, 2.05) is 12.1 Å². The number of nitrogens with one attached hydrogen (secondary N) is 1. The van der Waals surface area contributed by atoms with Crippen LogP contribution in [0.3, 0.4) is 0 Å². The highest BCUT2D eigenvalue weighted by Crippen LogP contribution is 2.40. The number of rotatable bonds is 13. The molecule has 5 heteroatoms. The van der Waals surface area contributed by atoms with Crippen molar-refractivity contribution in [3.63, 3.8) is 0 Å². The third-order valence-electron chi connectivity index (χ3n) is 18.8. The Labute approximate surface area is 598 Å². The van der Waals surface area contributed by atoms with Crippen molar-refractivity contribution in [3.05, 3.63) is 417 Å². The van der Waals surface area contributed by atoms with E-state index in [-0.39, 0.29) is 0 Å². The van der Waals surface area contributed by atoms with Crippen molar-refractivity contribution in [1.82, 2.24) is 9.13 Å². The van der Waals surface area contributed by atoms with E-state index >= 15 is 0 Å². The number of hydrogen-bond acceptors (Lipinski definition) is 2. The number of anilines is 5. The standard InChI is InChI=1S/C48H34N2.C24H16BrN.C24H19N/c1-3-11-35(12-4-1)37-19-27-41(28-20-37)49(42-29-21-38(22-30-42)36-13-5-2-6-14-36)43-31-23-39(24-32-43)40-25-33-44(34-26-40)50-47-17-9-7-15-45(47)46-16-8-10-18-48(46)50;25-19-13-9-17(10-14-19)18-11-15-20(16-12-18)26-23-7-3-1-5-21(23)22-6-2-4-8-24(22)26;1-3-7-19(8-4-1)21-11-15-23(16-12-21)25-24-17-13-22(14-18-24)20-9-5-2-6-10-20/h1-34H;1-16H;1-18,25H. The van der Waals surface area contributed by atoms with Gasteiger partial charge in [-0.05, 0) is 188 Å². The fourth-order valence-corrected chi connectivity index (χ4v) is 14.0. The molecule has 0 unspecified atom stereocenters. The lowest BCUT2D eigenvalue weighted by Crippen LogP contribution is -2.09. The summed E-state index contributed by atoms with van der Waals surface area (Å²) in [4.78, 5) is 2.33. The first kappa shape index (κ1) is 63.0. The molecule has 0 aliphatic rings. The van der Waals surface area contributed by atoms with Crippen LogP contribution in [0.25, 0.3) is 122 Å². The third kappa shape index (κ3) is 13.7. The summed E-state index contributed by atoms with van der Waals surface area (Å²) < 4.78 is 5.81. The Kier molecular flexibility index (Phi) is 18.1. The van der Waals surface area contributed by atoms with Crippen LogP contribution in [0.1, 0.15) is 0 Å². The van der Waals surface area contributed by atoms with Gasteiger partial charge < -0.3 is 19.4 Å². The summed E-state index contributed by atoms with van der Waals surface area (Å²) in [5.41, 5.74) is 27.4. The maximum absolute atomic E-state index is 3.50. The number of benzene rings is 16. The summed E-state index contributed by atoms with van der Waals surface area (Å²) in [7, 11) is 0. The van der Waals surface area contributed by atoms with E-state index in [0.29, 0.717) is 0 Å². The molecule has 16 aromatic carbocycles. The average Bonchev–Trinajstić information content (AvgIpc) is 1.60. The van der Waals surface area contributed by atoms with Gasteiger partial charge in [-0.2, -0.15) is 0 Å². The highest BCUT2D eigenvalue weighted by molar-refractivity contribution is 9.10. The van der Waals surface area contributed by atoms with Gasteiger partial charge in [0, 0.05) is 65.8 Å². The van der Waals surface area contributed by atoms with Crippen LogP contribution < -0.4 is 10.2 Å². The molecule has 480 valence electrons. The molecule has 2 heterocycles. The van der Waals surface area contributed by atoms with Crippen LogP contribution in [0, 0.1) is 0 Å². The molecule has 0 fully saturated rings. The molecular formula is C96H69BrN4. The molecule has 0 saturated heterocycles. The zero-order valence-electron chi connectivity index (χ0n) is 55.5. The molecular weight excluding hydrogens is 1290 g/mol. The van der Waals surface area contributed by atoms with Gasteiger partial charge in [-0.1, -0.05) is 307 Å². The summed E-state index contributed by atoms with van der Waals surface area (Å²) in [5, 5.41) is 8.59. The van der Waals surface area contributed by atoms with Crippen molar-refractivity contribution in [2.24, 2.45) is 0 Å². The van der Waals surface area contributed by atoms with E-state index in [1.165, 1.54) is 116 Å². The quantitative estimate of drug-likeness (QED) is 0.124. The Hall–Kier alpha value is -12.8. The molecule has 0 aliphatic carbocycles.